The summed E-state index contributed by atoms with van der Waals surface area (Å²) in [7, 11) is 0. The molecule has 0 aliphatic heterocycles. The van der Waals surface area contributed by atoms with E-state index in [0.29, 0.717) is 12.1 Å². The van der Waals surface area contributed by atoms with Crippen LogP contribution in [-0.2, 0) is 16.1 Å². The molecule has 1 saturated carbocycles. The van der Waals surface area contributed by atoms with Crippen LogP contribution in [0.25, 0.3) is 0 Å². The standard InChI is InChI=1S/C21H21BrN2O3/c22-17-7-5-15(6-8-17)19(25)11-12-20(26)23-13-14-1-9-18(10-2-14)24-21(27)16-3-4-16/h1-2,5-10,16H,3-4,11-13H2,(H,23,26)(H,24,27). The van der Waals surface area contributed by atoms with E-state index >= 15 is 0 Å². The molecule has 0 aromatic heterocycles. The lowest BCUT2D eigenvalue weighted by Gasteiger charge is -2.08. The SMILES string of the molecule is O=C(CCC(=O)c1ccc(Br)cc1)NCc1ccc(NC(=O)C2CC2)cc1. The Balaban J connectivity index is 1.40. The van der Waals surface area contributed by atoms with E-state index in [9.17, 15) is 14.4 Å². The van der Waals surface area contributed by atoms with Gasteiger partial charge in [-0.3, -0.25) is 14.4 Å². The van der Waals surface area contributed by atoms with Gasteiger partial charge in [-0.2, -0.15) is 0 Å². The fourth-order valence-corrected chi connectivity index (χ4v) is 2.86. The molecule has 5 nitrogen and oxygen atoms in total. The summed E-state index contributed by atoms with van der Waals surface area (Å²) in [5, 5.41) is 5.70. The van der Waals surface area contributed by atoms with Crippen molar-refractivity contribution in [1.82, 2.24) is 5.32 Å². The summed E-state index contributed by atoms with van der Waals surface area (Å²) in [6, 6.07) is 14.5. The quantitative estimate of drug-likeness (QED) is 0.621. The summed E-state index contributed by atoms with van der Waals surface area (Å²) in [5.41, 5.74) is 2.31. The second-order valence-corrected chi connectivity index (χ2v) is 7.58. The van der Waals surface area contributed by atoms with Crippen molar-refractivity contribution in [3.05, 3.63) is 64.1 Å². The van der Waals surface area contributed by atoms with Crippen LogP contribution in [0.15, 0.2) is 53.0 Å². The molecule has 0 bridgehead atoms. The first kappa shape index (κ1) is 19.3. The molecule has 2 aromatic rings. The molecular formula is C21H21BrN2O3. The van der Waals surface area contributed by atoms with Crippen LogP contribution in [0.4, 0.5) is 5.69 Å². The second-order valence-electron chi connectivity index (χ2n) is 6.67. The van der Waals surface area contributed by atoms with Gasteiger partial charge in [0.15, 0.2) is 5.78 Å². The van der Waals surface area contributed by atoms with E-state index in [1.807, 2.05) is 36.4 Å². The molecule has 2 amide bonds. The third-order valence-electron chi connectivity index (χ3n) is 4.40. The smallest absolute Gasteiger partial charge is 0.227 e. The van der Waals surface area contributed by atoms with E-state index in [2.05, 4.69) is 26.6 Å². The zero-order valence-corrected chi connectivity index (χ0v) is 16.4. The zero-order valence-electron chi connectivity index (χ0n) is 14.8. The molecule has 1 fully saturated rings. The first-order valence-corrected chi connectivity index (χ1v) is 9.76. The number of amides is 2. The van der Waals surface area contributed by atoms with Crippen molar-refractivity contribution < 1.29 is 14.4 Å². The molecular weight excluding hydrogens is 408 g/mol. The van der Waals surface area contributed by atoms with Crippen LogP contribution in [0.1, 0.15) is 41.6 Å². The van der Waals surface area contributed by atoms with Crippen molar-refractivity contribution >= 4 is 39.2 Å². The minimum Gasteiger partial charge on any atom is -0.352 e. The molecule has 0 heterocycles. The Bertz CT molecular complexity index is 828. The van der Waals surface area contributed by atoms with Crippen molar-refractivity contribution in [2.24, 2.45) is 5.92 Å². The molecule has 0 saturated heterocycles. The first-order valence-electron chi connectivity index (χ1n) is 8.96. The van der Waals surface area contributed by atoms with Crippen molar-refractivity contribution in [2.75, 3.05) is 5.32 Å². The van der Waals surface area contributed by atoms with Crippen LogP contribution < -0.4 is 10.6 Å². The van der Waals surface area contributed by atoms with Gasteiger partial charge in [-0.25, -0.2) is 0 Å². The lowest BCUT2D eigenvalue weighted by Crippen LogP contribution is -2.23. The summed E-state index contributed by atoms with van der Waals surface area (Å²) in [6.45, 7) is 0.391. The molecule has 27 heavy (non-hydrogen) atoms. The van der Waals surface area contributed by atoms with Crippen LogP contribution in [0.2, 0.25) is 0 Å². The normalized spacial score (nSPS) is 13.1. The molecule has 0 radical (unpaired) electrons. The van der Waals surface area contributed by atoms with Gasteiger partial charge in [0.1, 0.15) is 0 Å². The van der Waals surface area contributed by atoms with Crippen molar-refractivity contribution in [2.45, 2.75) is 32.2 Å². The molecule has 140 valence electrons. The highest BCUT2D eigenvalue weighted by Crippen LogP contribution is 2.30. The molecule has 0 spiro atoms. The fourth-order valence-electron chi connectivity index (χ4n) is 2.59. The lowest BCUT2D eigenvalue weighted by atomic mass is 10.1. The van der Waals surface area contributed by atoms with Crippen LogP contribution >= 0.6 is 15.9 Å². The molecule has 1 aliphatic rings. The van der Waals surface area contributed by atoms with Crippen LogP contribution in [0.3, 0.4) is 0 Å². The number of anilines is 1. The maximum atomic E-state index is 12.1. The van der Waals surface area contributed by atoms with E-state index < -0.39 is 0 Å². The number of ketones is 1. The topological polar surface area (TPSA) is 75.3 Å². The monoisotopic (exact) mass is 428 g/mol. The maximum absolute atomic E-state index is 12.1. The number of halogens is 1. The zero-order chi connectivity index (χ0) is 19.2. The summed E-state index contributed by atoms with van der Waals surface area (Å²) in [6.07, 6.45) is 2.28. The van der Waals surface area contributed by atoms with Crippen molar-refractivity contribution in [3.8, 4) is 0 Å². The average molecular weight is 429 g/mol. The first-order chi connectivity index (χ1) is 13.0. The minimum atomic E-state index is -0.161. The Morgan fingerprint density at radius 1 is 0.926 bits per heavy atom. The van der Waals surface area contributed by atoms with Gasteiger partial charge in [0.05, 0.1) is 0 Å². The summed E-state index contributed by atoms with van der Waals surface area (Å²) < 4.78 is 0.912. The van der Waals surface area contributed by atoms with E-state index in [-0.39, 0.29) is 36.4 Å². The van der Waals surface area contributed by atoms with E-state index in [1.54, 1.807) is 12.1 Å². The number of carbonyl (C=O) groups excluding carboxylic acids is 3. The molecule has 0 atom stereocenters. The number of benzene rings is 2. The largest absolute Gasteiger partial charge is 0.352 e. The highest BCUT2D eigenvalue weighted by atomic mass is 79.9. The van der Waals surface area contributed by atoms with E-state index in [0.717, 1.165) is 28.6 Å². The number of hydrogen-bond acceptors (Lipinski definition) is 3. The summed E-state index contributed by atoms with van der Waals surface area (Å²) >= 11 is 3.33. The third-order valence-corrected chi connectivity index (χ3v) is 4.93. The van der Waals surface area contributed by atoms with Gasteiger partial charge in [0, 0.05) is 41.0 Å². The number of Topliss-reactive ketones (excluding diaryl/α,β-unsaturated/α-hetero) is 1. The predicted molar refractivity (Wildman–Crippen MR) is 107 cm³/mol. The summed E-state index contributed by atoms with van der Waals surface area (Å²) in [5.74, 6) is 0.0376. The molecule has 6 heteroatoms. The Morgan fingerprint density at radius 2 is 1.59 bits per heavy atom. The number of carbonyl (C=O) groups is 3. The predicted octanol–water partition coefficient (Wildman–Crippen LogP) is 4.08. The van der Waals surface area contributed by atoms with Gasteiger partial charge in [-0.15, -0.1) is 0 Å². The maximum Gasteiger partial charge on any atom is 0.227 e. The Labute approximate surface area is 166 Å². The Hall–Kier alpha value is -2.47. The fraction of sp³-hybridized carbons (Fsp3) is 0.286. The van der Waals surface area contributed by atoms with E-state index in [4.69, 9.17) is 0 Å². The van der Waals surface area contributed by atoms with E-state index in [1.165, 1.54) is 0 Å². The molecule has 3 rings (SSSR count). The average Bonchev–Trinajstić information content (AvgIpc) is 3.51. The lowest BCUT2D eigenvalue weighted by molar-refractivity contribution is -0.121. The molecule has 2 N–H and O–H groups in total. The number of nitrogens with one attached hydrogen (secondary N) is 2. The third kappa shape index (κ3) is 6.03. The molecule has 1 aliphatic carbocycles. The summed E-state index contributed by atoms with van der Waals surface area (Å²) in [4.78, 5) is 35.8. The molecule has 2 aromatic carbocycles. The van der Waals surface area contributed by atoms with Crippen molar-refractivity contribution in [1.29, 1.82) is 0 Å². The molecule has 0 unspecified atom stereocenters. The van der Waals surface area contributed by atoms with Gasteiger partial charge in [0.25, 0.3) is 0 Å². The Kier molecular flexibility index (Phi) is 6.40. The number of hydrogen-bond donors (Lipinski definition) is 2. The highest BCUT2D eigenvalue weighted by Gasteiger charge is 2.29. The van der Waals surface area contributed by atoms with Crippen molar-refractivity contribution in [3.63, 3.8) is 0 Å². The van der Waals surface area contributed by atoms with Gasteiger partial charge in [-0.05, 0) is 42.7 Å². The van der Waals surface area contributed by atoms with Gasteiger partial charge in [-0.1, -0.05) is 40.2 Å². The van der Waals surface area contributed by atoms with Crippen LogP contribution in [-0.4, -0.2) is 17.6 Å². The number of rotatable bonds is 8. The van der Waals surface area contributed by atoms with Gasteiger partial charge >= 0.3 is 0 Å². The van der Waals surface area contributed by atoms with Gasteiger partial charge in [0.2, 0.25) is 11.8 Å². The van der Waals surface area contributed by atoms with Crippen LogP contribution in [0, 0.1) is 5.92 Å². The van der Waals surface area contributed by atoms with Gasteiger partial charge < -0.3 is 10.6 Å². The Morgan fingerprint density at radius 3 is 2.22 bits per heavy atom. The second kappa shape index (κ2) is 8.95. The van der Waals surface area contributed by atoms with Crippen LogP contribution in [0.5, 0.6) is 0 Å². The highest BCUT2D eigenvalue weighted by molar-refractivity contribution is 9.10. The minimum absolute atomic E-state index is 0.0478.